The molecule has 1 saturated carbocycles. The molecule has 1 aliphatic heterocycles. The van der Waals surface area contributed by atoms with Crippen LogP contribution in [-0.2, 0) is 4.74 Å². The van der Waals surface area contributed by atoms with Crippen molar-refractivity contribution in [2.24, 2.45) is 11.7 Å². The number of hydrogen-bond donors (Lipinski definition) is 1. The van der Waals surface area contributed by atoms with E-state index in [1.54, 1.807) is 0 Å². The molecular weight excluding hydrogens is 202 g/mol. The number of rotatable bonds is 4. The van der Waals surface area contributed by atoms with E-state index in [1.165, 1.54) is 0 Å². The standard InChI is InChI=1S/C12H21N3O/c1-8(2)15-7-9-6-10(12(15)11(9)14)16-5-3-4-13/h8-12H,3,5-7,14H2,1-2H3/t9-,10+,11-,12-/m1/s1. The quantitative estimate of drug-likeness (QED) is 0.714. The van der Waals surface area contributed by atoms with E-state index in [0.717, 1.165) is 13.0 Å². The third-order valence-electron chi connectivity index (χ3n) is 3.89. The topological polar surface area (TPSA) is 62.3 Å². The zero-order chi connectivity index (χ0) is 11.7. The molecule has 0 amide bonds. The maximum atomic E-state index is 8.50. The summed E-state index contributed by atoms with van der Waals surface area (Å²) < 4.78 is 5.78. The first-order valence-electron chi connectivity index (χ1n) is 6.15. The molecule has 16 heavy (non-hydrogen) atoms. The summed E-state index contributed by atoms with van der Waals surface area (Å²) in [6.45, 7) is 6.07. The molecule has 0 aromatic carbocycles. The van der Waals surface area contributed by atoms with E-state index in [0.29, 0.717) is 31.0 Å². The molecule has 1 saturated heterocycles. The number of likely N-dealkylation sites (tertiary alicyclic amines) is 1. The summed E-state index contributed by atoms with van der Waals surface area (Å²) in [6, 6.07) is 3.27. The smallest absolute Gasteiger partial charge is 0.0749 e. The molecule has 0 unspecified atom stereocenters. The highest BCUT2D eigenvalue weighted by Crippen LogP contribution is 2.39. The second-order valence-corrected chi connectivity index (χ2v) is 5.17. The highest BCUT2D eigenvalue weighted by molar-refractivity contribution is 5.08. The predicted molar refractivity (Wildman–Crippen MR) is 61.7 cm³/mol. The first kappa shape index (κ1) is 11.8. The van der Waals surface area contributed by atoms with Crippen LogP contribution < -0.4 is 5.73 Å². The summed E-state index contributed by atoms with van der Waals surface area (Å²) in [5, 5.41) is 8.50. The Morgan fingerprint density at radius 2 is 2.31 bits per heavy atom. The summed E-state index contributed by atoms with van der Waals surface area (Å²) in [4.78, 5) is 2.45. The molecule has 4 heteroatoms. The summed E-state index contributed by atoms with van der Waals surface area (Å²) in [7, 11) is 0. The number of fused-ring (bicyclic) bond motifs is 2. The Kier molecular flexibility index (Phi) is 3.48. The first-order chi connectivity index (χ1) is 7.65. The Balaban J connectivity index is 1.95. The number of piperidine rings is 1. The second kappa shape index (κ2) is 4.70. The Morgan fingerprint density at radius 1 is 1.56 bits per heavy atom. The van der Waals surface area contributed by atoms with Gasteiger partial charge in [-0.25, -0.2) is 0 Å². The van der Waals surface area contributed by atoms with Gasteiger partial charge in [-0.3, -0.25) is 4.90 Å². The lowest BCUT2D eigenvalue weighted by Crippen LogP contribution is -2.49. The number of nitriles is 1. The fourth-order valence-electron chi connectivity index (χ4n) is 3.12. The van der Waals surface area contributed by atoms with Crippen LogP contribution >= 0.6 is 0 Å². The Hall–Kier alpha value is -0.630. The fraction of sp³-hybridized carbons (Fsp3) is 0.917. The predicted octanol–water partition coefficient (Wildman–Crippen LogP) is 0.725. The number of ether oxygens (including phenoxy) is 1. The molecule has 1 aliphatic carbocycles. The molecule has 4 atom stereocenters. The third kappa shape index (κ3) is 1.95. The fourth-order valence-corrected chi connectivity index (χ4v) is 3.12. The molecule has 0 radical (unpaired) electrons. The van der Waals surface area contributed by atoms with E-state index in [2.05, 4.69) is 24.8 Å². The van der Waals surface area contributed by atoms with Gasteiger partial charge in [-0.05, 0) is 26.2 Å². The number of nitrogens with zero attached hydrogens (tertiary/aromatic N) is 2. The lowest BCUT2D eigenvalue weighted by Gasteiger charge is -2.35. The van der Waals surface area contributed by atoms with Crippen molar-refractivity contribution in [2.75, 3.05) is 13.2 Å². The summed E-state index contributed by atoms with van der Waals surface area (Å²) in [5.41, 5.74) is 6.22. The largest absolute Gasteiger partial charge is 0.375 e. The minimum atomic E-state index is 0.240. The molecule has 2 fully saturated rings. The van der Waals surface area contributed by atoms with Gasteiger partial charge in [0.2, 0.25) is 0 Å². The highest BCUT2D eigenvalue weighted by atomic mass is 16.5. The second-order valence-electron chi connectivity index (χ2n) is 5.17. The van der Waals surface area contributed by atoms with E-state index < -0.39 is 0 Å². The Labute approximate surface area is 97.3 Å². The molecule has 2 rings (SSSR count). The van der Waals surface area contributed by atoms with Gasteiger partial charge in [-0.15, -0.1) is 0 Å². The van der Waals surface area contributed by atoms with E-state index >= 15 is 0 Å². The third-order valence-corrected chi connectivity index (χ3v) is 3.89. The monoisotopic (exact) mass is 223 g/mol. The minimum Gasteiger partial charge on any atom is -0.375 e. The van der Waals surface area contributed by atoms with Crippen LogP contribution in [0.1, 0.15) is 26.7 Å². The molecule has 2 bridgehead atoms. The Bertz CT molecular complexity index is 286. The number of hydrogen-bond acceptors (Lipinski definition) is 4. The van der Waals surface area contributed by atoms with E-state index in [9.17, 15) is 0 Å². The van der Waals surface area contributed by atoms with Crippen molar-refractivity contribution in [3.63, 3.8) is 0 Å². The number of nitrogens with two attached hydrogens (primary N) is 1. The van der Waals surface area contributed by atoms with Gasteiger partial charge in [0.1, 0.15) is 0 Å². The van der Waals surface area contributed by atoms with Crippen molar-refractivity contribution in [1.82, 2.24) is 4.90 Å². The van der Waals surface area contributed by atoms with Crippen LogP contribution in [-0.4, -0.2) is 42.3 Å². The van der Waals surface area contributed by atoms with Crippen LogP contribution in [0.15, 0.2) is 0 Å². The summed E-state index contributed by atoms with van der Waals surface area (Å²) in [5.74, 6) is 0.583. The van der Waals surface area contributed by atoms with Gasteiger partial charge in [-0.2, -0.15) is 5.26 Å². The van der Waals surface area contributed by atoms with Crippen LogP contribution in [0.2, 0.25) is 0 Å². The van der Waals surface area contributed by atoms with E-state index in [1.807, 2.05) is 0 Å². The molecular formula is C12H21N3O. The lowest BCUT2D eigenvalue weighted by atomic mass is 10.1. The van der Waals surface area contributed by atoms with Gasteiger partial charge in [0.15, 0.2) is 0 Å². The van der Waals surface area contributed by atoms with Gasteiger partial charge in [0.25, 0.3) is 0 Å². The van der Waals surface area contributed by atoms with Crippen LogP contribution in [0.25, 0.3) is 0 Å². The zero-order valence-electron chi connectivity index (χ0n) is 10.1. The first-order valence-corrected chi connectivity index (χ1v) is 6.15. The molecule has 0 aromatic heterocycles. The zero-order valence-corrected chi connectivity index (χ0v) is 10.1. The summed E-state index contributed by atoms with van der Waals surface area (Å²) in [6.07, 6.45) is 1.79. The summed E-state index contributed by atoms with van der Waals surface area (Å²) >= 11 is 0. The Morgan fingerprint density at radius 3 is 2.88 bits per heavy atom. The van der Waals surface area contributed by atoms with Gasteiger partial charge in [0.05, 0.1) is 31.2 Å². The average molecular weight is 223 g/mol. The molecule has 90 valence electrons. The molecule has 2 aliphatic rings. The van der Waals surface area contributed by atoms with Gasteiger partial charge >= 0.3 is 0 Å². The van der Waals surface area contributed by atoms with E-state index in [-0.39, 0.29) is 12.1 Å². The van der Waals surface area contributed by atoms with E-state index in [4.69, 9.17) is 15.7 Å². The van der Waals surface area contributed by atoms with Crippen LogP contribution in [0.3, 0.4) is 0 Å². The van der Waals surface area contributed by atoms with Crippen LogP contribution in [0, 0.1) is 17.2 Å². The van der Waals surface area contributed by atoms with Crippen molar-refractivity contribution in [3.05, 3.63) is 0 Å². The lowest BCUT2D eigenvalue weighted by molar-refractivity contribution is -0.0183. The molecule has 1 heterocycles. The van der Waals surface area contributed by atoms with Crippen molar-refractivity contribution in [2.45, 2.75) is 50.9 Å². The molecule has 2 N–H and O–H groups in total. The van der Waals surface area contributed by atoms with Crippen LogP contribution in [0.4, 0.5) is 0 Å². The average Bonchev–Trinajstić information content (AvgIpc) is 2.72. The van der Waals surface area contributed by atoms with Crippen molar-refractivity contribution < 1.29 is 4.74 Å². The molecule has 4 nitrogen and oxygen atoms in total. The van der Waals surface area contributed by atoms with Gasteiger partial charge in [-0.1, -0.05) is 0 Å². The highest BCUT2D eigenvalue weighted by Gasteiger charge is 2.51. The van der Waals surface area contributed by atoms with Crippen molar-refractivity contribution in [3.8, 4) is 6.07 Å². The molecule has 0 spiro atoms. The minimum absolute atomic E-state index is 0.240. The van der Waals surface area contributed by atoms with Crippen molar-refractivity contribution >= 4 is 0 Å². The van der Waals surface area contributed by atoms with Crippen LogP contribution in [0.5, 0.6) is 0 Å². The maximum Gasteiger partial charge on any atom is 0.0749 e. The SMILES string of the molecule is CC(C)N1C[C@H]2C[C@H](OCCC#N)[C@@H]1[C@@H]2N. The van der Waals surface area contributed by atoms with Gasteiger partial charge < -0.3 is 10.5 Å². The van der Waals surface area contributed by atoms with Gasteiger partial charge in [0, 0.05) is 18.6 Å². The normalized spacial score (nSPS) is 38.2. The molecule has 0 aromatic rings. The van der Waals surface area contributed by atoms with Crippen molar-refractivity contribution in [1.29, 1.82) is 5.26 Å². The maximum absolute atomic E-state index is 8.50.